The Morgan fingerprint density at radius 3 is 3.00 bits per heavy atom. The average molecular weight is 179 g/mol. The Bertz CT molecular complexity index is 338. The molecule has 0 amide bonds. The minimum atomic E-state index is 0.591. The summed E-state index contributed by atoms with van der Waals surface area (Å²) in [6, 6.07) is 4.16. The topological polar surface area (TPSA) is 21.6 Å². The number of oxime groups is 1. The molecular formula is C9H9NOS. The Kier molecular flexibility index (Phi) is 1.96. The molecule has 1 aromatic heterocycles. The third kappa shape index (κ3) is 1.41. The van der Waals surface area contributed by atoms with Gasteiger partial charge in [-0.05, 0) is 31.2 Å². The van der Waals surface area contributed by atoms with E-state index in [2.05, 4.69) is 24.2 Å². The molecule has 0 fully saturated rings. The van der Waals surface area contributed by atoms with E-state index in [0.29, 0.717) is 6.61 Å². The molecule has 0 aromatic carbocycles. The number of hydrogen-bond acceptors (Lipinski definition) is 3. The van der Waals surface area contributed by atoms with E-state index in [1.54, 1.807) is 11.3 Å². The standard InChI is InChI=1S/C9H9NOS/c1-7-4-5-9(12-7)8-3-2-6-11-10-8/h2-5H,6H2,1H3. The third-order valence-corrected chi connectivity index (χ3v) is 2.63. The third-order valence-electron chi connectivity index (χ3n) is 1.60. The molecule has 0 N–H and O–H groups in total. The van der Waals surface area contributed by atoms with Gasteiger partial charge in [0.1, 0.15) is 12.3 Å². The van der Waals surface area contributed by atoms with Crippen LogP contribution < -0.4 is 0 Å². The van der Waals surface area contributed by atoms with Crippen molar-refractivity contribution in [2.24, 2.45) is 5.16 Å². The molecule has 2 heterocycles. The Morgan fingerprint density at radius 1 is 1.50 bits per heavy atom. The van der Waals surface area contributed by atoms with Crippen molar-refractivity contribution in [3.8, 4) is 0 Å². The van der Waals surface area contributed by atoms with Crippen LogP contribution in [0.4, 0.5) is 0 Å². The summed E-state index contributed by atoms with van der Waals surface area (Å²) < 4.78 is 0. The molecule has 0 spiro atoms. The van der Waals surface area contributed by atoms with Crippen molar-refractivity contribution < 1.29 is 4.84 Å². The van der Waals surface area contributed by atoms with Crippen LogP contribution in [-0.2, 0) is 4.84 Å². The molecule has 0 unspecified atom stereocenters. The highest BCUT2D eigenvalue weighted by molar-refractivity contribution is 7.14. The summed E-state index contributed by atoms with van der Waals surface area (Å²) in [5.74, 6) is 0. The van der Waals surface area contributed by atoms with Crippen LogP contribution >= 0.6 is 11.3 Å². The Balaban J connectivity index is 2.30. The van der Waals surface area contributed by atoms with Gasteiger partial charge in [0.25, 0.3) is 0 Å². The maximum Gasteiger partial charge on any atom is 0.135 e. The predicted octanol–water partition coefficient (Wildman–Crippen LogP) is 2.35. The molecule has 0 bridgehead atoms. The average Bonchev–Trinajstić information content (AvgIpc) is 2.54. The van der Waals surface area contributed by atoms with Crippen LogP contribution in [0.1, 0.15) is 9.75 Å². The minimum absolute atomic E-state index is 0.591. The van der Waals surface area contributed by atoms with E-state index in [4.69, 9.17) is 4.84 Å². The van der Waals surface area contributed by atoms with Crippen LogP contribution in [0.25, 0.3) is 0 Å². The highest BCUT2D eigenvalue weighted by Gasteiger charge is 2.05. The Morgan fingerprint density at radius 2 is 2.42 bits per heavy atom. The first-order valence-electron chi connectivity index (χ1n) is 3.79. The van der Waals surface area contributed by atoms with Gasteiger partial charge in [-0.2, -0.15) is 0 Å². The number of rotatable bonds is 1. The number of nitrogens with zero attached hydrogens (tertiary/aromatic N) is 1. The lowest BCUT2D eigenvalue weighted by molar-refractivity contribution is 0.172. The van der Waals surface area contributed by atoms with E-state index in [1.807, 2.05) is 12.2 Å². The Labute approximate surface area is 75.2 Å². The van der Waals surface area contributed by atoms with Gasteiger partial charge in [-0.1, -0.05) is 5.16 Å². The summed E-state index contributed by atoms with van der Waals surface area (Å²) in [4.78, 5) is 7.42. The first-order chi connectivity index (χ1) is 5.86. The molecule has 12 heavy (non-hydrogen) atoms. The van der Waals surface area contributed by atoms with Gasteiger partial charge in [-0.25, -0.2) is 0 Å². The summed E-state index contributed by atoms with van der Waals surface area (Å²) in [5, 5.41) is 3.95. The van der Waals surface area contributed by atoms with Crippen LogP contribution in [0.2, 0.25) is 0 Å². The van der Waals surface area contributed by atoms with Crippen molar-refractivity contribution in [2.75, 3.05) is 6.61 Å². The Hall–Kier alpha value is -1.09. The van der Waals surface area contributed by atoms with Crippen LogP contribution in [0, 0.1) is 6.92 Å². The predicted molar refractivity (Wildman–Crippen MR) is 50.7 cm³/mol. The zero-order valence-electron chi connectivity index (χ0n) is 6.78. The van der Waals surface area contributed by atoms with E-state index in [0.717, 1.165) is 5.71 Å². The van der Waals surface area contributed by atoms with E-state index >= 15 is 0 Å². The van der Waals surface area contributed by atoms with E-state index in [-0.39, 0.29) is 0 Å². The maximum absolute atomic E-state index is 4.95. The van der Waals surface area contributed by atoms with Gasteiger partial charge < -0.3 is 4.84 Å². The number of allylic oxidation sites excluding steroid dienone is 1. The maximum atomic E-state index is 4.95. The normalized spacial score (nSPS) is 15.6. The largest absolute Gasteiger partial charge is 0.391 e. The molecule has 3 heteroatoms. The number of thiophene rings is 1. The lowest BCUT2D eigenvalue weighted by Crippen LogP contribution is -2.00. The molecule has 0 saturated carbocycles. The lowest BCUT2D eigenvalue weighted by atomic mass is 10.3. The quantitative estimate of drug-likeness (QED) is 0.648. The van der Waals surface area contributed by atoms with E-state index in [1.165, 1.54) is 9.75 Å². The van der Waals surface area contributed by atoms with Crippen molar-refractivity contribution in [1.82, 2.24) is 0 Å². The molecule has 2 rings (SSSR count). The van der Waals surface area contributed by atoms with E-state index < -0.39 is 0 Å². The van der Waals surface area contributed by atoms with Gasteiger partial charge in [-0.3, -0.25) is 0 Å². The molecule has 1 aromatic rings. The molecule has 62 valence electrons. The fourth-order valence-electron chi connectivity index (χ4n) is 1.04. The first kappa shape index (κ1) is 7.55. The summed E-state index contributed by atoms with van der Waals surface area (Å²) in [7, 11) is 0. The summed E-state index contributed by atoms with van der Waals surface area (Å²) >= 11 is 1.73. The van der Waals surface area contributed by atoms with Crippen molar-refractivity contribution in [1.29, 1.82) is 0 Å². The SMILES string of the molecule is Cc1ccc(C2=NOCC=C2)s1. The summed E-state index contributed by atoms with van der Waals surface area (Å²) in [6.45, 7) is 2.68. The zero-order valence-corrected chi connectivity index (χ0v) is 7.60. The second-order valence-electron chi connectivity index (χ2n) is 2.58. The van der Waals surface area contributed by atoms with Crippen molar-refractivity contribution in [2.45, 2.75) is 6.92 Å². The van der Waals surface area contributed by atoms with Gasteiger partial charge in [0, 0.05) is 4.88 Å². The van der Waals surface area contributed by atoms with Crippen LogP contribution in [0.3, 0.4) is 0 Å². The highest BCUT2D eigenvalue weighted by Crippen LogP contribution is 2.17. The molecular weight excluding hydrogens is 170 g/mol. The molecule has 1 aliphatic rings. The van der Waals surface area contributed by atoms with Gasteiger partial charge in [0.2, 0.25) is 0 Å². The fraction of sp³-hybridized carbons (Fsp3) is 0.222. The fourth-order valence-corrected chi connectivity index (χ4v) is 1.87. The lowest BCUT2D eigenvalue weighted by Gasteiger charge is -2.02. The highest BCUT2D eigenvalue weighted by atomic mass is 32.1. The van der Waals surface area contributed by atoms with Gasteiger partial charge in [0.05, 0.1) is 4.88 Å². The number of hydrogen-bond donors (Lipinski definition) is 0. The molecule has 0 atom stereocenters. The van der Waals surface area contributed by atoms with Crippen molar-refractivity contribution in [3.05, 3.63) is 34.0 Å². The van der Waals surface area contributed by atoms with Crippen molar-refractivity contribution in [3.63, 3.8) is 0 Å². The van der Waals surface area contributed by atoms with E-state index in [9.17, 15) is 0 Å². The minimum Gasteiger partial charge on any atom is -0.391 e. The van der Waals surface area contributed by atoms with Gasteiger partial charge in [-0.15, -0.1) is 11.3 Å². The molecule has 0 radical (unpaired) electrons. The van der Waals surface area contributed by atoms with Crippen LogP contribution in [-0.4, -0.2) is 12.3 Å². The monoisotopic (exact) mass is 179 g/mol. The first-order valence-corrected chi connectivity index (χ1v) is 4.61. The van der Waals surface area contributed by atoms with Gasteiger partial charge in [0.15, 0.2) is 0 Å². The molecule has 1 aliphatic heterocycles. The van der Waals surface area contributed by atoms with Gasteiger partial charge >= 0.3 is 0 Å². The zero-order chi connectivity index (χ0) is 8.39. The molecule has 0 saturated heterocycles. The molecule has 2 nitrogen and oxygen atoms in total. The summed E-state index contributed by atoms with van der Waals surface area (Å²) in [6.07, 6.45) is 3.96. The van der Waals surface area contributed by atoms with Crippen LogP contribution in [0.15, 0.2) is 29.4 Å². The summed E-state index contributed by atoms with van der Waals surface area (Å²) in [5.41, 5.74) is 0.930. The van der Waals surface area contributed by atoms with Crippen molar-refractivity contribution >= 4 is 17.0 Å². The second kappa shape index (κ2) is 3.11. The molecule has 0 aliphatic carbocycles. The number of aryl methyl sites for hydroxylation is 1. The second-order valence-corrected chi connectivity index (χ2v) is 3.87. The smallest absolute Gasteiger partial charge is 0.135 e. The van der Waals surface area contributed by atoms with Crippen LogP contribution in [0.5, 0.6) is 0 Å².